The van der Waals surface area contributed by atoms with Gasteiger partial charge in [-0.3, -0.25) is 4.79 Å². The third-order valence-corrected chi connectivity index (χ3v) is 3.79. The molecule has 0 bridgehead atoms. The summed E-state index contributed by atoms with van der Waals surface area (Å²) in [6.45, 7) is 1.53. The summed E-state index contributed by atoms with van der Waals surface area (Å²) >= 11 is 9.07. The lowest BCUT2D eigenvalue weighted by Crippen LogP contribution is -2.14. The average Bonchev–Trinajstić information content (AvgIpc) is 2.43. The third kappa shape index (κ3) is 3.41. The van der Waals surface area contributed by atoms with Gasteiger partial charge in [0, 0.05) is 20.7 Å². The molecule has 0 fully saturated rings. The molecule has 0 atom stereocenters. The number of halogens is 3. The van der Waals surface area contributed by atoms with E-state index in [0.717, 1.165) is 6.07 Å². The number of nitriles is 1. The smallest absolute Gasteiger partial charge is 0.256 e. The van der Waals surface area contributed by atoms with E-state index in [0.29, 0.717) is 15.1 Å². The molecular weight excluding hydrogens is 359 g/mol. The lowest BCUT2D eigenvalue weighted by atomic mass is 10.1. The Morgan fingerprint density at radius 3 is 2.71 bits per heavy atom. The van der Waals surface area contributed by atoms with E-state index >= 15 is 0 Å². The van der Waals surface area contributed by atoms with E-state index in [9.17, 15) is 9.18 Å². The number of amides is 1. The van der Waals surface area contributed by atoms with Crippen LogP contribution < -0.4 is 5.32 Å². The standard InChI is InChI=1S/C15H9BrClFN2O/c1-8-13(18)4-9(7-19)5-14(8)20-15(21)11-3-2-10(17)6-12(11)16/h2-6H,1H3,(H,20,21). The van der Waals surface area contributed by atoms with E-state index in [2.05, 4.69) is 21.2 Å². The number of carbonyl (C=O) groups is 1. The van der Waals surface area contributed by atoms with Gasteiger partial charge in [-0.15, -0.1) is 0 Å². The maximum atomic E-state index is 13.7. The fraction of sp³-hybridized carbons (Fsp3) is 0.0667. The predicted octanol–water partition coefficient (Wildman–Crippen LogP) is 4.67. The second kappa shape index (κ2) is 6.25. The quantitative estimate of drug-likeness (QED) is 0.838. The second-order valence-electron chi connectivity index (χ2n) is 4.32. The van der Waals surface area contributed by atoms with E-state index in [1.165, 1.54) is 13.0 Å². The summed E-state index contributed by atoms with van der Waals surface area (Å²) in [4.78, 5) is 12.2. The molecule has 6 heteroatoms. The summed E-state index contributed by atoms with van der Waals surface area (Å²) in [7, 11) is 0. The SMILES string of the molecule is Cc1c(F)cc(C#N)cc1NC(=O)c1ccc(Cl)cc1Br. The van der Waals surface area contributed by atoms with Crippen LogP contribution in [-0.2, 0) is 0 Å². The summed E-state index contributed by atoms with van der Waals surface area (Å²) in [5.74, 6) is -0.962. The number of anilines is 1. The molecule has 0 aliphatic rings. The maximum absolute atomic E-state index is 13.7. The van der Waals surface area contributed by atoms with Crippen molar-refractivity contribution in [3.05, 3.63) is 62.3 Å². The highest BCUT2D eigenvalue weighted by atomic mass is 79.9. The maximum Gasteiger partial charge on any atom is 0.256 e. The van der Waals surface area contributed by atoms with Crippen LogP contribution in [0.3, 0.4) is 0 Å². The van der Waals surface area contributed by atoms with Crippen LogP contribution in [0.25, 0.3) is 0 Å². The summed E-state index contributed by atoms with van der Waals surface area (Å²) < 4.78 is 14.2. The van der Waals surface area contributed by atoms with Crippen LogP contribution in [0, 0.1) is 24.1 Å². The molecule has 0 heterocycles. The zero-order chi connectivity index (χ0) is 15.6. The molecule has 0 unspecified atom stereocenters. The van der Waals surface area contributed by atoms with Gasteiger partial charge in [0.2, 0.25) is 0 Å². The van der Waals surface area contributed by atoms with Crippen LogP contribution in [0.4, 0.5) is 10.1 Å². The minimum Gasteiger partial charge on any atom is -0.322 e. The first-order valence-corrected chi connectivity index (χ1v) is 7.06. The zero-order valence-electron chi connectivity index (χ0n) is 10.9. The number of hydrogen-bond donors (Lipinski definition) is 1. The van der Waals surface area contributed by atoms with Gasteiger partial charge < -0.3 is 5.32 Å². The van der Waals surface area contributed by atoms with Crippen molar-refractivity contribution in [3.8, 4) is 6.07 Å². The largest absolute Gasteiger partial charge is 0.322 e. The predicted molar refractivity (Wildman–Crippen MR) is 83.0 cm³/mol. The first kappa shape index (κ1) is 15.5. The number of hydrogen-bond acceptors (Lipinski definition) is 2. The molecule has 1 N–H and O–H groups in total. The lowest BCUT2D eigenvalue weighted by molar-refractivity contribution is 0.102. The van der Waals surface area contributed by atoms with Crippen molar-refractivity contribution in [2.75, 3.05) is 5.32 Å². The van der Waals surface area contributed by atoms with E-state index in [4.69, 9.17) is 16.9 Å². The van der Waals surface area contributed by atoms with E-state index in [1.54, 1.807) is 18.2 Å². The first-order chi connectivity index (χ1) is 9.92. The molecule has 0 aromatic heterocycles. The summed E-state index contributed by atoms with van der Waals surface area (Å²) in [6, 6.07) is 9.14. The van der Waals surface area contributed by atoms with Crippen LogP contribution in [0.2, 0.25) is 5.02 Å². The first-order valence-electron chi connectivity index (χ1n) is 5.89. The highest BCUT2D eigenvalue weighted by Gasteiger charge is 2.14. The van der Waals surface area contributed by atoms with Gasteiger partial charge in [0.15, 0.2) is 0 Å². The average molecular weight is 368 g/mol. The summed E-state index contributed by atoms with van der Waals surface area (Å²) in [6.07, 6.45) is 0. The van der Waals surface area contributed by atoms with Crippen LogP contribution >= 0.6 is 27.5 Å². The molecule has 2 aromatic carbocycles. The van der Waals surface area contributed by atoms with Gasteiger partial charge in [0.25, 0.3) is 5.91 Å². The Balaban J connectivity index is 2.36. The molecule has 106 valence electrons. The van der Waals surface area contributed by atoms with Gasteiger partial charge in [0.1, 0.15) is 5.82 Å². The zero-order valence-corrected chi connectivity index (χ0v) is 13.2. The van der Waals surface area contributed by atoms with Crippen molar-refractivity contribution in [3.63, 3.8) is 0 Å². The van der Waals surface area contributed by atoms with Crippen LogP contribution in [0.15, 0.2) is 34.8 Å². The third-order valence-electron chi connectivity index (χ3n) is 2.90. The van der Waals surface area contributed by atoms with Gasteiger partial charge in [0.05, 0.1) is 17.2 Å². The Kier molecular flexibility index (Phi) is 4.61. The van der Waals surface area contributed by atoms with Crippen molar-refractivity contribution in [1.82, 2.24) is 0 Å². The Hall–Kier alpha value is -1.90. The molecule has 0 aliphatic carbocycles. The number of nitrogens with zero attached hydrogens (tertiary/aromatic N) is 1. The molecule has 0 radical (unpaired) electrons. The minimum atomic E-state index is -0.542. The van der Waals surface area contributed by atoms with Gasteiger partial charge in [-0.1, -0.05) is 11.6 Å². The van der Waals surface area contributed by atoms with Crippen molar-refractivity contribution in [1.29, 1.82) is 5.26 Å². The Labute approximate surface area is 134 Å². The second-order valence-corrected chi connectivity index (χ2v) is 5.61. The number of nitrogens with one attached hydrogen (secondary N) is 1. The fourth-order valence-electron chi connectivity index (χ4n) is 1.74. The highest BCUT2D eigenvalue weighted by Crippen LogP contribution is 2.25. The van der Waals surface area contributed by atoms with Crippen molar-refractivity contribution >= 4 is 39.1 Å². The van der Waals surface area contributed by atoms with Gasteiger partial charge in [-0.2, -0.15) is 5.26 Å². The molecule has 0 saturated heterocycles. The van der Waals surface area contributed by atoms with E-state index in [1.807, 2.05) is 6.07 Å². The topological polar surface area (TPSA) is 52.9 Å². The van der Waals surface area contributed by atoms with Gasteiger partial charge >= 0.3 is 0 Å². The molecule has 0 spiro atoms. The Bertz CT molecular complexity index is 771. The van der Waals surface area contributed by atoms with Crippen LogP contribution in [0.1, 0.15) is 21.5 Å². The van der Waals surface area contributed by atoms with E-state index < -0.39 is 11.7 Å². The summed E-state index contributed by atoms with van der Waals surface area (Å²) in [5, 5.41) is 11.9. The molecule has 0 aliphatic heterocycles. The minimum absolute atomic E-state index is 0.142. The lowest BCUT2D eigenvalue weighted by Gasteiger charge is -2.11. The van der Waals surface area contributed by atoms with Crippen LogP contribution in [-0.4, -0.2) is 5.91 Å². The van der Waals surface area contributed by atoms with Crippen molar-refractivity contribution in [2.45, 2.75) is 6.92 Å². The Morgan fingerprint density at radius 1 is 1.38 bits per heavy atom. The number of rotatable bonds is 2. The molecular formula is C15H9BrClFN2O. The summed E-state index contributed by atoms with van der Waals surface area (Å²) in [5.41, 5.74) is 1.04. The van der Waals surface area contributed by atoms with Crippen molar-refractivity contribution < 1.29 is 9.18 Å². The molecule has 2 rings (SSSR count). The fourth-order valence-corrected chi connectivity index (χ4v) is 2.60. The number of benzene rings is 2. The normalized spacial score (nSPS) is 10.0. The van der Waals surface area contributed by atoms with Gasteiger partial charge in [-0.05, 0) is 53.2 Å². The van der Waals surface area contributed by atoms with Gasteiger partial charge in [-0.25, -0.2) is 4.39 Å². The number of carbonyl (C=O) groups excluding carboxylic acids is 1. The van der Waals surface area contributed by atoms with Crippen LogP contribution in [0.5, 0.6) is 0 Å². The molecule has 1 amide bonds. The molecule has 2 aromatic rings. The van der Waals surface area contributed by atoms with E-state index in [-0.39, 0.29) is 16.8 Å². The monoisotopic (exact) mass is 366 g/mol. The Morgan fingerprint density at radius 2 is 2.10 bits per heavy atom. The molecule has 3 nitrogen and oxygen atoms in total. The molecule has 0 saturated carbocycles. The van der Waals surface area contributed by atoms with Crippen molar-refractivity contribution in [2.24, 2.45) is 0 Å². The highest BCUT2D eigenvalue weighted by molar-refractivity contribution is 9.10. The molecule has 21 heavy (non-hydrogen) atoms.